The monoisotopic (exact) mass is 340 g/mol. The highest BCUT2D eigenvalue weighted by atomic mass is 35.5. The number of nitrogens with two attached hydrogens (primary N) is 1. The Hall–Kier alpha value is -1.46. The van der Waals surface area contributed by atoms with Crippen molar-refractivity contribution in [1.29, 1.82) is 0 Å². The topological polar surface area (TPSA) is 64.8 Å². The van der Waals surface area contributed by atoms with Gasteiger partial charge in [0.25, 0.3) is 0 Å². The molecule has 128 valence electrons. The maximum atomic E-state index is 13.0. The van der Waals surface area contributed by atoms with Crippen molar-refractivity contribution in [1.82, 2.24) is 4.90 Å². The van der Waals surface area contributed by atoms with E-state index in [1.54, 1.807) is 0 Å². The molecule has 23 heavy (non-hydrogen) atoms. The molecule has 1 saturated carbocycles. The summed E-state index contributed by atoms with van der Waals surface area (Å²) in [5.41, 5.74) is 6.66. The second-order valence-electron chi connectivity index (χ2n) is 6.20. The van der Waals surface area contributed by atoms with Crippen LogP contribution in [-0.2, 0) is 11.3 Å². The fraction of sp³-hybridized carbons (Fsp3) is 0.588. The molecule has 0 unspecified atom stereocenters. The highest BCUT2D eigenvalue weighted by Crippen LogP contribution is 2.39. The van der Waals surface area contributed by atoms with Crippen LogP contribution in [0.25, 0.3) is 0 Å². The van der Waals surface area contributed by atoms with E-state index in [2.05, 4.69) is 0 Å². The minimum atomic E-state index is -0.341. The zero-order chi connectivity index (χ0) is 15.6. The maximum absolute atomic E-state index is 13.0. The molecule has 2 aliphatic rings. The number of carbonyl (C=O) groups excluding carboxylic acids is 1. The van der Waals surface area contributed by atoms with E-state index in [1.165, 1.54) is 0 Å². The van der Waals surface area contributed by atoms with Crippen LogP contribution >= 0.6 is 12.4 Å². The Morgan fingerprint density at radius 1 is 1.26 bits per heavy atom. The first-order valence-electron chi connectivity index (χ1n) is 8.06. The van der Waals surface area contributed by atoms with Crippen molar-refractivity contribution >= 4 is 18.3 Å². The van der Waals surface area contributed by atoms with E-state index in [-0.39, 0.29) is 30.5 Å². The third-order valence-electron chi connectivity index (χ3n) is 4.88. The highest BCUT2D eigenvalue weighted by molar-refractivity contribution is 5.85. The van der Waals surface area contributed by atoms with Gasteiger partial charge in [-0.2, -0.15) is 0 Å². The minimum absolute atomic E-state index is 0. The van der Waals surface area contributed by atoms with E-state index in [0.29, 0.717) is 19.6 Å². The van der Waals surface area contributed by atoms with Gasteiger partial charge in [0.1, 0.15) is 0 Å². The van der Waals surface area contributed by atoms with Crippen LogP contribution in [0.3, 0.4) is 0 Å². The molecule has 3 rings (SSSR count). The number of rotatable bonds is 5. The van der Waals surface area contributed by atoms with Crippen LogP contribution in [0.4, 0.5) is 0 Å². The van der Waals surface area contributed by atoms with Crippen molar-refractivity contribution in [3.63, 3.8) is 0 Å². The predicted octanol–water partition coefficient (Wildman–Crippen LogP) is 2.70. The van der Waals surface area contributed by atoms with Gasteiger partial charge in [-0.1, -0.05) is 18.9 Å². The minimum Gasteiger partial charge on any atom is -0.454 e. The van der Waals surface area contributed by atoms with E-state index >= 15 is 0 Å². The van der Waals surface area contributed by atoms with Crippen LogP contribution in [0.2, 0.25) is 0 Å². The second kappa shape index (κ2) is 7.41. The van der Waals surface area contributed by atoms with Gasteiger partial charge in [-0.15, -0.1) is 12.4 Å². The Morgan fingerprint density at radius 3 is 2.61 bits per heavy atom. The van der Waals surface area contributed by atoms with Gasteiger partial charge in [-0.05, 0) is 37.5 Å². The van der Waals surface area contributed by atoms with Crippen molar-refractivity contribution in [2.75, 3.05) is 19.9 Å². The van der Waals surface area contributed by atoms with Gasteiger partial charge in [-0.25, -0.2) is 0 Å². The molecule has 0 bridgehead atoms. The van der Waals surface area contributed by atoms with Gasteiger partial charge in [0.05, 0.1) is 5.41 Å². The van der Waals surface area contributed by atoms with Crippen molar-refractivity contribution in [2.45, 2.75) is 39.2 Å². The molecule has 0 atom stereocenters. The molecule has 1 aliphatic carbocycles. The molecule has 6 heteroatoms. The summed E-state index contributed by atoms with van der Waals surface area (Å²) >= 11 is 0. The summed E-state index contributed by atoms with van der Waals surface area (Å²) in [5.74, 6) is 1.73. The molecule has 1 amide bonds. The normalized spacial score (nSPS) is 17.7. The molecule has 1 aromatic rings. The fourth-order valence-electron chi connectivity index (χ4n) is 3.48. The number of carbonyl (C=O) groups is 1. The number of fused-ring (bicyclic) bond motifs is 1. The average Bonchev–Trinajstić information content (AvgIpc) is 3.20. The number of halogens is 1. The predicted molar refractivity (Wildman–Crippen MR) is 90.9 cm³/mol. The Balaban J connectivity index is 0.00000192. The number of ether oxygens (including phenoxy) is 2. The number of benzene rings is 1. The lowest BCUT2D eigenvalue weighted by atomic mass is 9.84. The maximum Gasteiger partial charge on any atom is 0.231 e. The second-order valence-corrected chi connectivity index (χ2v) is 6.20. The summed E-state index contributed by atoms with van der Waals surface area (Å²) in [7, 11) is 0. The quantitative estimate of drug-likeness (QED) is 0.895. The van der Waals surface area contributed by atoms with Gasteiger partial charge >= 0.3 is 0 Å². The smallest absolute Gasteiger partial charge is 0.231 e. The Bertz CT molecular complexity index is 559. The van der Waals surface area contributed by atoms with E-state index in [4.69, 9.17) is 15.2 Å². The van der Waals surface area contributed by atoms with Crippen LogP contribution in [-0.4, -0.2) is 30.7 Å². The zero-order valence-electron chi connectivity index (χ0n) is 13.5. The van der Waals surface area contributed by atoms with Crippen molar-refractivity contribution in [3.05, 3.63) is 23.8 Å². The number of amides is 1. The van der Waals surface area contributed by atoms with Crippen LogP contribution in [0.15, 0.2) is 18.2 Å². The Labute approximate surface area is 143 Å². The fourth-order valence-corrected chi connectivity index (χ4v) is 3.48. The first-order valence-corrected chi connectivity index (χ1v) is 8.06. The lowest BCUT2D eigenvalue weighted by Gasteiger charge is -2.33. The van der Waals surface area contributed by atoms with E-state index in [0.717, 1.165) is 42.7 Å². The van der Waals surface area contributed by atoms with E-state index < -0.39 is 0 Å². The Morgan fingerprint density at radius 2 is 1.96 bits per heavy atom. The third-order valence-corrected chi connectivity index (χ3v) is 4.88. The third kappa shape index (κ3) is 3.40. The van der Waals surface area contributed by atoms with E-state index in [1.807, 2.05) is 30.0 Å². The first kappa shape index (κ1) is 17.9. The molecule has 2 N–H and O–H groups in total. The zero-order valence-corrected chi connectivity index (χ0v) is 14.4. The summed E-state index contributed by atoms with van der Waals surface area (Å²) < 4.78 is 10.7. The largest absolute Gasteiger partial charge is 0.454 e. The highest BCUT2D eigenvalue weighted by Gasteiger charge is 2.42. The van der Waals surface area contributed by atoms with Gasteiger partial charge in [0.15, 0.2) is 11.5 Å². The van der Waals surface area contributed by atoms with Crippen molar-refractivity contribution in [2.24, 2.45) is 11.1 Å². The van der Waals surface area contributed by atoms with E-state index in [9.17, 15) is 4.79 Å². The molecule has 1 aromatic carbocycles. The SMILES string of the molecule is CCN(Cc1ccc2c(c1)OCO2)C(=O)C1(CN)CCCC1.Cl. The van der Waals surface area contributed by atoms with Gasteiger partial charge in [0, 0.05) is 19.6 Å². The standard InChI is InChI=1S/C17H24N2O3.ClH/c1-2-19(16(20)17(11-18)7-3-4-8-17)10-13-5-6-14-15(9-13)22-12-21-14;/h5-6,9H,2-4,7-8,10-12,18H2,1H3;1H. The number of nitrogens with zero attached hydrogens (tertiary/aromatic N) is 1. The summed E-state index contributed by atoms with van der Waals surface area (Å²) in [6.07, 6.45) is 4.04. The van der Waals surface area contributed by atoms with Crippen LogP contribution in [0, 0.1) is 5.41 Å². The molecule has 1 heterocycles. The molecule has 5 nitrogen and oxygen atoms in total. The molecule has 0 aromatic heterocycles. The van der Waals surface area contributed by atoms with Crippen molar-refractivity contribution < 1.29 is 14.3 Å². The molecule has 1 aliphatic heterocycles. The number of hydrogen-bond acceptors (Lipinski definition) is 4. The molecule has 1 fully saturated rings. The van der Waals surface area contributed by atoms with Crippen LogP contribution < -0.4 is 15.2 Å². The van der Waals surface area contributed by atoms with Gasteiger partial charge in [-0.3, -0.25) is 4.79 Å². The summed E-state index contributed by atoms with van der Waals surface area (Å²) in [6.45, 7) is 4.02. The first-order chi connectivity index (χ1) is 10.7. The summed E-state index contributed by atoms with van der Waals surface area (Å²) in [6, 6.07) is 5.86. The summed E-state index contributed by atoms with van der Waals surface area (Å²) in [5, 5.41) is 0. The van der Waals surface area contributed by atoms with Crippen LogP contribution in [0.1, 0.15) is 38.2 Å². The molecular weight excluding hydrogens is 316 g/mol. The molecule has 0 spiro atoms. The molecule has 0 saturated heterocycles. The summed E-state index contributed by atoms with van der Waals surface area (Å²) in [4.78, 5) is 14.9. The lowest BCUT2D eigenvalue weighted by molar-refractivity contribution is -0.141. The number of hydrogen-bond donors (Lipinski definition) is 1. The molecule has 0 radical (unpaired) electrons. The van der Waals surface area contributed by atoms with Crippen molar-refractivity contribution in [3.8, 4) is 11.5 Å². The van der Waals surface area contributed by atoms with Crippen LogP contribution in [0.5, 0.6) is 11.5 Å². The average molecular weight is 341 g/mol. The van der Waals surface area contributed by atoms with Gasteiger partial charge in [0.2, 0.25) is 12.7 Å². The van der Waals surface area contributed by atoms with Gasteiger partial charge < -0.3 is 20.1 Å². The lowest BCUT2D eigenvalue weighted by Crippen LogP contribution is -2.46. The molecular formula is C17H25ClN2O3. The Kier molecular flexibility index (Phi) is 5.76.